The summed E-state index contributed by atoms with van der Waals surface area (Å²) in [6.45, 7) is 7.33. The topological polar surface area (TPSA) is 57.2 Å². The molecule has 6 heteroatoms. The maximum absolute atomic E-state index is 11.7. The van der Waals surface area contributed by atoms with Crippen molar-refractivity contribution in [1.29, 1.82) is 0 Å². The molecule has 4 atom stereocenters. The fourth-order valence-corrected chi connectivity index (χ4v) is 5.50. The third kappa shape index (κ3) is 11.3. The number of hydrogen-bond acceptors (Lipinski definition) is 6. The van der Waals surface area contributed by atoms with Crippen LogP contribution in [0.2, 0.25) is 0 Å². The summed E-state index contributed by atoms with van der Waals surface area (Å²) in [5.74, 6) is -0.101. The minimum atomic E-state index is -0.101. The van der Waals surface area contributed by atoms with Gasteiger partial charge in [-0.2, -0.15) is 0 Å². The highest BCUT2D eigenvalue weighted by Crippen LogP contribution is 2.33. The smallest absolute Gasteiger partial charge is 0.305 e. The van der Waals surface area contributed by atoms with Crippen molar-refractivity contribution in [1.82, 2.24) is 4.90 Å². The summed E-state index contributed by atoms with van der Waals surface area (Å²) in [6.07, 6.45) is 8.75. The Hall–Kier alpha value is -2.25. The fraction of sp³-hybridized carbons (Fsp3) is 0.618. The average Bonchev–Trinajstić information content (AvgIpc) is 3.33. The highest BCUT2D eigenvalue weighted by molar-refractivity contribution is 5.69. The Morgan fingerprint density at radius 2 is 1.40 bits per heavy atom. The molecule has 6 nitrogen and oxygen atoms in total. The van der Waals surface area contributed by atoms with Crippen molar-refractivity contribution in [3.05, 3.63) is 71.8 Å². The Kier molecular flexibility index (Phi) is 15.3. The van der Waals surface area contributed by atoms with E-state index in [1.54, 1.807) is 0 Å². The average molecular weight is 554 g/mol. The van der Waals surface area contributed by atoms with Gasteiger partial charge in [0.15, 0.2) is 0 Å². The minimum Gasteiger partial charge on any atom is -0.466 e. The lowest BCUT2D eigenvalue weighted by Crippen LogP contribution is -2.48. The van der Waals surface area contributed by atoms with Gasteiger partial charge < -0.3 is 18.9 Å². The molecule has 1 aliphatic carbocycles. The number of unbranched alkanes of at least 4 members (excludes halogenated alkanes) is 5. The molecule has 3 rings (SSSR count). The van der Waals surface area contributed by atoms with Crippen LogP contribution < -0.4 is 0 Å². The van der Waals surface area contributed by atoms with Crippen LogP contribution in [0.1, 0.15) is 82.8 Å². The number of rotatable bonds is 20. The van der Waals surface area contributed by atoms with E-state index in [9.17, 15) is 4.79 Å². The van der Waals surface area contributed by atoms with Crippen molar-refractivity contribution in [3.63, 3.8) is 0 Å². The Morgan fingerprint density at radius 3 is 2.02 bits per heavy atom. The van der Waals surface area contributed by atoms with Crippen molar-refractivity contribution >= 4 is 5.97 Å². The number of likely N-dealkylation sites (N-methyl/N-ethyl adjacent to an activating group) is 1. The van der Waals surface area contributed by atoms with Crippen molar-refractivity contribution in [2.45, 2.75) is 109 Å². The summed E-state index contributed by atoms with van der Waals surface area (Å²) in [5, 5.41) is 0. The molecule has 2 aromatic rings. The van der Waals surface area contributed by atoms with Gasteiger partial charge in [-0.3, -0.25) is 9.69 Å². The predicted molar refractivity (Wildman–Crippen MR) is 160 cm³/mol. The fourth-order valence-electron chi connectivity index (χ4n) is 5.50. The Bertz CT molecular complexity index is 924. The number of hydrogen-bond donors (Lipinski definition) is 0. The summed E-state index contributed by atoms with van der Waals surface area (Å²) in [6, 6.07) is 20.8. The molecule has 0 heterocycles. The maximum atomic E-state index is 11.7. The van der Waals surface area contributed by atoms with Crippen molar-refractivity contribution in [2.24, 2.45) is 0 Å². The first kappa shape index (κ1) is 32.3. The monoisotopic (exact) mass is 553 g/mol. The number of esters is 1. The molecule has 1 fully saturated rings. The van der Waals surface area contributed by atoms with E-state index < -0.39 is 0 Å². The third-order valence-electron chi connectivity index (χ3n) is 7.68. The molecule has 0 saturated heterocycles. The molecule has 0 radical (unpaired) electrons. The van der Waals surface area contributed by atoms with Gasteiger partial charge in [-0.15, -0.1) is 0 Å². The van der Waals surface area contributed by atoms with Crippen LogP contribution in [0.5, 0.6) is 0 Å². The van der Waals surface area contributed by atoms with Crippen molar-refractivity contribution < 1.29 is 23.7 Å². The molecular formula is C34H51NO5. The van der Waals surface area contributed by atoms with Crippen molar-refractivity contribution in [3.8, 4) is 0 Å². The zero-order valence-corrected chi connectivity index (χ0v) is 25.0. The maximum Gasteiger partial charge on any atom is 0.305 e. The van der Waals surface area contributed by atoms with Crippen LogP contribution in [0.3, 0.4) is 0 Å². The molecule has 0 unspecified atom stereocenters. The molecule has 0 spiro atoms. The largest absolute Gasteiger partial charge is 0.466 e. The molecule has 1 saturated carbocycles. The Balaban J connectivity index is 1.67. The first-order valence-electron chi connectivity index (χ1n) is 15.4. The molecule has 222 valence electrons. The van der Waals surface area contributed by atoms with Crippen LogP contribution in [0.25, 0.3) is 0 Å². The van der Waals surface area contributed by atoms with Crippen LogP contribution in [-0.4, -0.2) is 62.0 Å². The van der Waals surface area contributed by atoms with E-state index in [0.717, 1.165) is 45.3 Å². The van der Waals surface area contributed by atoms with Gasteiger partial charge in [-0.25, -0.2) is 0 Å². The van der Waals surface area contributed by atoms with Crippen LogP contribution in [0, 0.1) is 0 Å². The molecule has 0 bridgehead atoms. The standard InChI is InChI=1S/C34H51NO5/c1-4-6-7-17-24-38-34-31(40-27-29-20-13-9-14-21-29)25-30(39-26-28-18-11-8-12-19-28)33(34)35(3)23-16-10-15-22-32(36)37-5-2/h8-9,11-14,18-21,30-31,33-34H,4-7,10,15-17,22-27H2,1-3H3/t30-,31+,33+,34+/m1/s1. The van der Waals surface area contributed by atoms with Gasteiger partial charge in [0.1, 0.15) is 6.10 Å². The number of carbonyl (C=O) groups is 1. The van der Waals surface area contributed by atoms with Gasteiger partial charge in [0.05, 0.1) is 38.1 Å². The lowest BCUT2D eigenvalue weighted by molar-refractivity contribution is -0.143. The molecule has 1 aliphatic rings. The van der Waals surface area contributed by atoms with E-state index in [2.05, 4.69) is 67.4 Å². The third-order valence-corrected chi connectivity index (χ3v) is 7.68. The summed E-state index contributed by atoms with van der Waals surface area (Å²) >= 11 is 0. The molecule has 0 amide bonds. The SMILES string of the molecule is CCCCCCO[C@@H]1[C@@H](N(C)CCCCCC(=O)OCC)[C@H](OCc2ccccc2)C[C@@H]1OCc1ccccc1. The Morgan fingerprint density at radius 1 is 0.775 bits per heavy atom. The van der Waals surface area contributed by atoms with Gasteiger partial charge in [0.2, 0.25) is 0 Å². The molecule has 0 N–H and O–H groups in total. The second-order valence-corrected chi connectivity index (χ2v) is 10.9. The van der Waals surface area contributed by atoms with Crippen LogP contribution in [0.15, 0.2) is 60.7 Å². The summed E-state index contributed by atoms with van der Waals surface area (Å²) < 4.78 is 24.9. The number of nitrogens with zero attached hydrogens (tertiary/aromatic N) is 1. The van der Waals surface area contributed by atoms with Gasteiger partial charge in [-0.05, 0) is 50.9 Å². The molecule has 0 aromatic heterocycles. The highest BCUT2D eigenvalue weighted by Gasteiger charge is 2.47. The van der Waals surface area contributed by atoms with Crippen LogP contribution in [0.4, 0.5) is 0 Å². The van der Waals surface area contributed by atoms with Gasteiger partial charge in [0, 0.05) is 19.4 Å². The highest BCUT2D eigenvalue weighted by atomic mass is 16.6. The Labute approximate surface area is 242 Å². The number of ether oxygens (including phenoxy) is 4. The number of benzene rings is 2. The first-order valence-corrected chi connectivity index (χ1v) is 15.4. The van der Waals surface area contributed by atoms with Gasteiger partial charge >= 0.3 is 5.97 Å². The van der Waals surface area contributed by atoms with E-state index in [0.29, 0.717) is 26.2 Å². The normalized spacial score (nSPS) is 20.7. The van der Waals surface area contributed by atoms with E-state index in [-0.39, 0.29) is 30.3 Å². The van der Waals surface area contributed by atoms with Gasteiger partial charge in [0.25, 0.3) is 0 Å². The lowest BCUT2D eigenvalue weighted by atomic mass is 10.1. The van der Waals surface area contributed by atoms with Gasteiger partial charge in [-0.1, -0.05) is 93.3 Å². The minimum absolute atomic E-state index is 0.00570. The molecule has 40 heavy (non-hydrogen) atoms. The quantitative estimate of drug-likeness (QED) is 0.131. The van der Waals surface area contributed by atoms with Crippen LogP contribution >= 0.6 is 0 Å². The second-order valence-electron chi connectivity index (χ2n) is 10.9. The second kappa shape index (κ2) is 19.0. The molecule has 0 aliphatic heterocycles. The first-order chi connectivity index (χ1) is 19.6. The van der Waals surface area contributed by atoms with E-state index in [1.807, 2.05) is 19.1 Å². The summed E-state index contributed by atoms with van der Waals surface area (Å²) in [5.41, 5.74) is 2.35. The lowest BCUT2D eigenvalue weighted by Gasteiger charge is -2.34. The van der Waals surface area contributed by atoms with Crippen LogP contribution in [-0.2, 0) is 37.0 Å². The summed E-state index contributed by atoms with van der Waals surface area (Å²) in [7, 11) is 2.18. The van der Waals surface area contributed by atoms with E-state index in [1.165, 1.54) is 30.4 Å². The zero-order valence-electron chi connectivity index (χ0n) is 25.0. The molecule has 2 aromatic carbocycles. The van der Waals surface area contributed by atoms with E-state index in [4.69, 9.17) is 18.9 Å². The predicted octanol–water partition coefficient (Wildman–Crippen LogP) is 6.95. The molecular weight excluding hydrogens is 502 g/mol. The van der Waals surface area contributed by atoms with E-state index >= 15 is 0 Å². The number of carbonyl (C=O) groups excluding carboxylic acids is 1. The van der Waals surface area contributed by atoms with Crippen molar-refractivity contribution in [2.75, 3.05) is 26.8 Å². The zero-order chi connectivity index (χ0) is 28.4. The summed E-state index contributed by atoms with van der Waals surface area (Å²) in [4.78, 5) is 14.1.